The number of ketones is 1. The number of Topliss-reactive ketones (excluding diaryl/α,β-unsaturated/α-hetero) is 1. The molecule has 1 saturated carbocycles. The fourth-order valence-electron chi connectivity index (χ4n) is 6.01. The van der Waals surface area contributed by atoms with Gasteiger partial charge in [0.25, 0.3) is 5.91 Å². The highest BCUT2D eigenvalue weighted by Crippen LogP contribution is 2.37. The topological polar surface area (TPSA) is 111 Å². The number of benzene rings is 1. The van der Waals surface area contributed by atoms with Gasteiger partial charge in [0.1, 0.15) is 17.6 Å². The molecular formula is C35H39FN6O4. The van der Waals surface area contributed by atoms with Crippen molar-refractivity contribution in [3.8, 4) is 16.9 Å². The van der Waals surface area contributed by atoms with E-state index in [9.17, 15) is 14.0 Å². The molecule has 1 amide bonds. The van der Waals surface area contributed by atoms with E-state index in [0.717, 1.165) is 40.9 Å². The van der Waals surface area contributed by atoms with E-state index in [2.05, 4.69) is 15.3 Å². The lowest BCUT2D eigenvalue weighted by atomic mass is 9.91. The molecule has 2 fully saturated rings. The molecule has 3 aromatic heterocycles. The number of para-hydroxylation sites is 1. The maximum atomic E-state index is 14.0. The number of amides is 1. The molecular weight excluding hydrogens is 587 g/mol. The smallest absolute Gasteiger partial charge is 0.270 e. The first kappa shape index (κ1) is 31.7. The van der Waals surface area contributed by atoms with Crippen molar-refractivity contribution in [2.75, 3.05) is 33.4 Å². The van der Waals surface area contributed by atoms with Gasteiger partial charge in [-0.3, -0.25) is 19.4 Å². The van der Waals surface area contributed by atoms with Crippen LogP contribution in [0.4, 0.5) is 4.39 Å². The van der Waals surface area contributed by atoms with E-state index >= 15 is 0 Å². The summed E-state index contributed by atoms with van der Waals surface area (Å²) in [4.78, 5) is 40.9. The van der Waals surface area contributed by atoms with Crippen molar-refractivity contribution in [1.82, 2.24) is 30.1 Å². The first-order valence-corrected chi connectivity index (χ1v) is 15.7. The number of hydroxylamine groups is 2. The van der Waals surface area contributed by atoms with Crippen LogP contribution in [0, 0.1) is 31.6 Å². The largest absolute Gasteiger partial charge is 0.383 e. The van der Waals surface area contributed by atoms with E-state index in [1.807, 2.05) is 54.9 Å². The molecule has 4 aromatic rings. The standard InChI is InChI=1S/C35H39FN6O4/c1-22-15-26(20-38-32(22)35(44)39-19-24-9-10-24)33-23(2)30(42(40-33)28-7-5-4-6-8-28)18-29(43)16-27-21-41(13-14-45-3)46-34(27)25-11-12-37-31(36)17-25/h4-8,11-12,15,17,20,24,27,34H,9-10,13-14,16,18-19,21H2,1-3H3,(H,39,44)/t27-,34+/m1/s1. The van der Waals surface area contributed by atoms with E-state index < -0.39 is 12.1 Å². The molecule has 2 atom stereocenters. The Hall–Kier alpha value is -4.32. The predicted octanol–water partition coefficient (Wildman–Crippen LogP) is 4.98. The second-order valence-corrected chi connectivity index (χ2v) is 12.2. The van der Waals surface area contributed by atoms with Crippen molar-refractivity contribution in [2.45, 2.75) is 45.6 Å². The van der Waals surface area contributed by atoms with Crippen LogP contribution in [0.15, 0.2) is 60.9 Å². The molecule has 6 rings (SSSR count). The number of hydrogen-bond donors (Lipinski definition) is 1. The minimum Gasteiger partial charge on any atom is -0.383 e. The quantitative estimate of drug-likeness (QED) is 0.207. The number of carbonyl (C=O) groups is 2. The molecule has 0 bridgehead atoms. The average Bonchev–Trinajstić information content (AvgIpc) is 3.72. The zero-order valence-corrected chi connectivity index (χ0v) is 26.4. The van der Waals surface area contributed by atoms with Gasteiger partial charge in [-0.2, -0.15) is 14.6 Å². The highest BCUT2D eigenvalue weighted by Gasteiger charge is 2.37. The summed E-state index contributed by atoms with van der Waals surface area (Å²) >= 11 is 0. The maximum absolute atomic E-state index is 14.0. The van der Waals surface area contributed by atoms with Crippen molar-refractivity contribution in [2.24, 2.45) is 11.8 Å². The van der Waals surface area contributed by atoms with Crippen molar-refractivity contribution >= 4 is 11.7 Å². The van der Waals surface area contributed by atoms with Gasteiger partial charge in [0.05, 0.1) is 23.7 Å². The number of halogens is 1. The van der Waals surface area contributed by atoms with Crippen LogP contribution in [0.2, 0.25) is 0 Å². The second-order valence-electron chi connectivity index (χ2n) is 12.2. The van der Waals surface area contributed by atoms with Gasteiger partial charge >= 0.3 is 0 Å². The zero-order valence-electron chi connectivity index (χ0n) is 26.4. The molecule has 1 saturated heterocycles. The molecule has 0 unspecified atom stereocenters. The Bertz CT molecular complexity index is 1710. The Balaban J connectivity index is 1.26. The number of nitrogens with one attached hydrogen (secondary N) is 1. The SMILES string of the molecule is COCCN1C[C@@H](CC(=O)Cc2c(C)c(-c3cnc(C(=O)NCC4CC4)c(C)c3)nn2-c2ccccc2)[C@H](c2ccnc(F)c2)O1. The van der Waals surface area contributed by atoms with Gasteiger partial charge in [-0.05, 0) is 79.6 Å². The summed E-state index contributed by atoms with van der Waals surface area (Å²) in [5.74, 6) is -0.351. The van der Waals surface area contributed by atoms with E-state index in [1.165, 1.54) is 12.3 Å². The van der Waals surface area contributed by atoms with Gasteiger partial charge in [0.15, 0.2) is 0 Å². The fraction of sp³-hybridized carbons (Fsp3) is 0.400. The van der Waals surface area contributed by atoms with Crippen LogP contribution in [0.25, 0.3) is 16.9 Å². The molecule has 10 nitrogen and oxygen atoms in total. The fourth-order valence-corrected chi connectivity index (χ4v) is 6.01. The first-order valence-electron chi connectivity index (χ1n) is 15.7. The molecule has 11 heteroatoms. The molecule has 1 aromatic carbocycles. The van der Waals surface area contributed by atoms with Crippen molar-refractivity contribution in [1.29, 1.82) is 0 Å². The lowest BCUT2D eigenvalue weighted by Crippen LogP contribution is -2.27. The van der Waals surface area contributed by atoms with E-state index in [-0.39, 0.29) is 30.4 Å². The third-order valence-electron chi connectivity index (χ3n) is 8.67. The Morgan fingerprint density at radius 2 is 1.91 bits per heavy atom. The number of pyridine rings is 2. The van der Waals surface area contributed by atoms with Crippen LogP contribution in [-0.4, -0.2) is 69.9 Å². The zero-order chi connectivity index (χ0) is 32.2. The summed E-state index contributed by atoms with van der Waals surface area (Å²) in [5.41, 5.74) is 5.75. The Labute approximate surface area is 267 Å². The van der Waals surface area contributed by atoms with Crippen molar-refractivity contribution < 1.29 is 23.6 Å². The lowest BCUT2D eigenvalue weighted by molar-refractivity contribution is -0.155. The number of hydrogen-bond acceptors (Lipinski definition) is 8. The van der Waals surface area contributed by atoms with Crippen molar-refractivity contribution in [3.05, 3.63) is 95.0 Å². The Morgan fingerprint density at radius 1 is 1.11 bits per heavy atom. The number of rotatable bonds is 13. The first-order chi connectivity index (χ1) is 22.3. The summed E-state index contributed by atoms with van der Waals surface area (Å²) < 4.78 is 21.1. The molecule has 0 radical (unpaired) electrons. The van der Waals surface area contributed by atoms with Gasteiger partial charge in [-0.15, -0.1) is 0 Å². The molecule has 2 aliphatic rings. The van der Waals surface area contributed by atoms with Crippen LogP contribution in [0.5, 0.6) is 0 Å². The summed E-state index contributed by atoms with van der Waals surface area (Å²) in [6.45, 7) is 6.03. The summed E-state index contributed by atoms with van der Waals surface area (Å²) in [6, 6.07) is 14.7. The highest BCUT2D eigenvalue weighted by atomic mass is 19.1. The summed E-state index contributed by atoms with van der Waals surface area (Å²) in [7, 11) is 1.62. The maximum Gasteiger partial charge on any atom is 0.270 e. The highest BCUT2D eigenvalue weighted by molar-refractivity contribution is 5.94. The van der Waals surface area contributed by atoms with Crippen LogP contribution < -0.4 is 5.32 Å². The normalized spacial score (nSPS) is 18.2. The molecule has 46 heavy (non-hydrogen) atoms. The predicted molar refractivity (Wildman–Crippen MR) is 170 cm³/mol. The number of nitrogens with zero attached hydrogens (tertiary/aromatic N) is 5. The minimum atomic E-state index is -0.590. The monoisotopic (exact) mass is 626 g/mol. The van der Waals surface area contributed by atoms with Crippen molar-refractivity contribution in [3.63, 3.8) is 0 Å². The number of aromatic nitrogens is 4. The van der Waals surface area contributed by atoms with Gasteiger partial charge in [0, 0.05) is 63.5 Å². The summed E-state index contributed by atoms with van der Waals surface area (Å²) in [6.07, 6.45) is 5.31. The molecule has 1 N–H and O–H groups in total. The van der Waals surface area contributed by atoms with E-state index in [4.69, 9.17) is 14.7 Å². The van der Waals surface area contributed by atoms with Gasteiger partial charge in [-0.1, -0.05) is 18.2 Å². The summed E-state index contributed by atoms with van der Waals surface area (Å²) in [5, 5.41) is 9.74. The minimum absolute atomic E-state index is 0.0189. The molecule has 1 aliphatic carbocycles. The number of ether oxygens (including phenoxy) is 1. The van der Waals surface area contributed by atoms with Crippen LogP contribution in [-0.2, 0) is 20.8 Å². The van der Waals surface area contributed by atoms with E-state index in [0.29, 0.717) is 49.1 Å². The number of carbonyl (C=O) groups excluding carboxylic acids is 2. The number of aryl methyl sites for hydroxylation is 1. The third-order valence-corrected chi connectivity index (χ3v) is 8.67. The molecule has 0 spiro atoms. The van der Waals surface area contributed by atoms with E-state index in [1.54, 1.807) is 24.4 Å². The van der Waals surface area contributed by atoms with Crippen LogP contribution in [0.1, 0.15) is 58.2 Å². The number of methoxy groups -OCH3 is 1. The molecule has 240 valence electrons. The van der Waals surface area contributed by atoms with Gasteiger partial charge in [0.2, 0.25) is 5.95 Å². The average molecular weight is 627 g/mol. The Kier molecular flexibility index (Phi) is 9.62. The van der Waals surface area contributed by atoms with Gasteiger partial charge < -0.3 is 10.1 Å². The van der Waals surface area contributed by atoms with Crippen LogP contribution in [0.3, 0.4) is 0 Å². The van der Waals surface area contributed by atoms with Crippen LogP contribution >= 0.6 is 0 Å². The lowest BCUT2D eigenvalue weighted by Gasteiger charge is -2.17. The molecule has 4 heterocycles. The third kappa shape index (κ3) is 7.22. The van der Waals surface area contributed by atoms with Gasteiger partial charge in [-0.25, -0.2) is 9.67 Å². The molecule has 1 aliphatic heterocycles. The second kappa shape index (κ2) is 14.0. The Morgan fingerprint density at radius 3 is 2.63 bits per heavy atom.